The van der Waals surface area contributed by atoms with Crippen molar-refractivity contribution in [3.63, 3.8) is 0 Å². The molecule has 0 aliphatic heterocycles. The van der Waals surface area contributed by atoms with Gasteiger partial charge in [-0.1, -0.05) is 6.07 Å². The molecule has 0 aromatic heterocycles. The monoisotopic (exact) mass is 245 g/mol. The molecule has 1 aromatic carbocycles. The van der Waals surface area contributed by atoms with E-state index in [4.69, 9.17) is 15.3 Å². The molecule has 0 unspecified atom stereocenters. The Morgan fingerprint density at radius 1 is 1.33 bits per heavy atom. The SMILES string of the molecule is CC(C)Oc1cccc(C(C#N)C#N)c1[N+](=O)[O-]. The van der Waals surface area contributed by atoms with Crippen LogP contribution in [0.3, 0.4) is 0 Å². The van der Waals surface area contributed by atoms with E-state index in [9.17, 15) is 10.1 Å². The van der Waals surface area contributed by atoms with E-state index < -0.39 is 10.8 Å². The fraction of sp³-hybridized carbons (Fsp3) is 0.333. The zero-order chi connectivity index (χ0) is 13.7. The Hall–Kier alpha value is -2.60. The number of hydrogen-bond donors (Lipinski definition) is 0. The summed E-state index contributed by atoms with van der Waals surface area (Å²) in [5.41, 5.74) is -0.262. The highest BCUT2D eigenvalue weighted by Crippen LogP contribution is 2.35. The van der Waals surface area contributed by atoms with Crippen LogP contribution in [-0.2, 0) is 0 Å². The second-order valence-corrected chi connectivity index (χ2v) is 3.81. The van der Waals surface area contributed by atoms with Crippen LogP contribution in [0.1, 0.15) is 25.3 Å². The standard InChI is InChI=1S/C12H11N3O3/c1-8(2)18-11-5-3-4-10(9(6-13)7-14)12(11)15(16)17/h3-5,8-9H,1-2H3. The van der Waals surface area contributed by atoms with Crippen LogP contribution in [0.4, 0.5) is 5.69 Å². The highest BCUT2D eigenvalue weighted by molar-refractivity contribution is 5.57. The van der Waals surface area contributed by atoms with Crippen LogP contribution in [0.25, 0.3) is 0 Å². The molecule has 0 heterocycles. The van der Waals surface area contributed by atoms with Crippen molar-refractivity contribution in [2.75, 3.05) is 0 Å². The fourth-order valence-corrected chi connectivity index (χ4v) is 1.48. The molecule has 0 aliphatic rings. The maximum absolute atomic E-state index is 11.1. The molecule has 1 rings (SSSR count). The molecule has 0 spiro atoms. The van der Waals surface area contributed by atoms with Gasteiger partial charge in [-0.25, -0.2) is 0 Å². The molecule has 6 nitrogen and oxygen atoms in total. The van der Waals surface area contributed by atoms with Gasteiger partial charge in [0.25, 0.3) is 0 Å². The minimum absolute atomic E-state index is 0.0585. The third-order valence-electron chi connectivity index (χ3n) is 2.14. The van der Waals surface area contributed by atoms with Crippen molar-refractivity contribution in [1.82, 2.24) is 0 Å². The van der Waals surface area contributed by atoms with Gasteiger partial charge >= 0.3 is 5.69 Å². The number of nitriles is 2. The van der Waals surface area contributed by atoms with Crippen LogP contribution in [0, 0.1) is 32.8 Å². The van der Waals surface area contributed by atoms with Crippen molar-refractivity contribution in [3.05, 3.63) is 33.9 Å². The summed E-state index contributed by atoms with van der Waals surface area (Å²) < 4.78 is 5.33. The van der Waals surface area contributed by atoms with Crippen LogP contribution in [-0.4, -0.2) is 11.0 Å². The first kappa shape index (κ1) is 13.5. The first-order valence-corrected chi connectivity index (χ1v) is 5.24. The molecule has 0 atom stereocenters. The van der Waals surface area contributed by atoms with Crippen molar-refractivity contribution in [1.29, 1.82) is 10.5 Å². The maximum atomic E-state index is 11.1. The van der Waals surface area contributed by atoms with E-state index in [0.717, 1.165) is 0 Å². The molecule has 0 N–H and O–H groups in total. The molecular formula is C12H11N3O3. The van der Waals surface area contributed by atoms with E-state index in [1.54, 1.807) is 26.0 Å². The van der Waals surface area contributed by atoms with Gasteiger partial charge in [-0.3, -0.25) is 10.1 Å². The molecule has 6 heteroatoms. The van der Waals surface area contributed by atoms with Gasteiger partial charge in [0.05, 0.1) is 28.7 Å². The summed E-state index contributed by atoms with van der Waals surface area (Å²) in [5.74, 6) is -1.11. The molecular weight excluding hydrogens is 234 g/mol. The highest BCUT2D eigenvalue weighted by Gasteiger charge is 2.27. The average molecular weight is 245 g/mol. The van der Waals surface area contributed by atoms with Gasteiger partial charge in [0.1, 0.15) is 0 Å². The minimum Gasteiger partial charge on any atom is -0.484 e. The summed E-state index contributed by atoms with van der Waals surface area (Å²) in [6, 6.07) is 7.82. The summed E-state index contributed by atoms with van der Waals surface area (Å²) >= 11 is 0. The number of nitrogens with zero attached hydrogens (tertiary/aromatic N) is 3. The van der Waals surface area contributed by atoms with E-state index in [1.165, 1.54) is 18.2 Å². The van der Waals surface area contributed by atoms with Crippen LogP contribution in [0.15, 0.2) is 18.2 Å². The Bertz CT molecular complexity index is 526. The zero-order valence-electron chi connectivity index (χ0n) is 9.95. The van der Waals surface area contributed by atoms with Gasteiger partial charge in [-0.2, -0.15) is 10.5 Å². The second kappa shape index (κ2) is 5.65. The number of rotatable bonds is 4. The molecule has 0 saturated carbocycles. The van der Waals surface area contributed by atoms with Crippen LogP contribution >= 0.6 is 0 Å². The largest absolute Gasteiger partial charge is 0.484 e. The Labute approximate surface area is 104 Å². The molecule has 0 bridgehead atoms. The van der Waals surface area contributed by atoms with E-state index in [1.807, 2.05) is 0 Å². The number of benzene rings is 1. The summed E-state index contributed by atoms with van der Waals surface area (Å²) in [6.45, 7) is 3.48. The Morgan fingerprint density at radius 3 is 2.39 bits per heavy atom. The lowest BCUT2D eigenvalue weighted by molar-refractivity contribution is -0.386. The number of para-hydroxylation sites is 1. The zero-order valence-corrected chi connectivity index (χ0v) is 9.95. The van der Waals surface area contributed by atoms with Crippen molar-refractivity contribution in [2.45, 2.75) is 25.9 Å². The van der Waals surface area contributed by atoms with E-state index in [-0.39, 0.29) is 23.1 Å². The van der Waals surface area contributed by atoms with E-state index in [2.05, 4.69) is 0 Å². The Morgan fingerprint density at radius 2 is 1.94 bits per heavy atom. The normalized spacial score (nSPS) is 9.89. The van der Waals surface area contributed by atoms with Gasteiger partial charge in [0.15, 0.2) is 11.7 Å². The summed E-state index contributed by atoms with van der Waals surface area (Å²) in [5, 5.41) is 28.7. The number of nitro groups is 1. The van der Waals surface area contributed by atoms with Crippen molar-refractivity contribution < 1.29 is 9.66 Å². The fourth-order valence-electron chi connectivity index (χ4n) is 1.48. The third kappa shape index (κ3) is 2.74. The van der Waals surface area contributed by atoms with Crippen LogP contribution in [0.5, 0.6) is 5.75 Å². The number of hydrogen-bond acceptors (Lipinski definition) is 5. The van der Waals surface area contributed by atoms with Crippen LogP contribution in [0.2, 0.25) is 0 Å². The molecule has 0 fully saturated rings. The molecule has 0 amide bonds. The topological polar surface area (TPSA) is 99.9 Å². The average Bonchev–Trinajstić information content (AvgIpc) is 2.29. The molecule has 0 aliphatic carbocycles. The first-order chi connectivity index (χ1) is 8.51. The number of ether oxygens (including phenoxy) is 1. The molecule has 0 radical (unpaired) electrons. The Balaban J connectivity index is 3.41. The molecule has 1 aromatic rings. The third-order valence-corrected chi connectivity index (χ3v) is 2.14. The maximum Gasteiger partial charge on any atom is 0.316 e. The van der Waals surface area contributed by atoms with Gasteiger partial charge < -0.3 is 4.74 Å². The lowest BCUT2D eigenvalue weighted by atomic mass is 10.00. The predicted molar refractivity (Wildman–Crippen MR) is 62.8 cm³/mol. The lowest BCUT2D eigenvalue weighted by Crippen LogP contribution is -2.09. The predicted octanol–water partition coefficient (Wildman–Crippen LogP) is 2.51. The summed E-state index contributed by atoms with van der Waals surface area (Å²) in [4.78, 5) is 10.4. The van der Waals surface area contributed by atoms with Gasteiger partial charge in [-0.15, -0.1) is 0 Å². The smallest absolute Gasteiger partial charge is 0.316 e. The minimum atomic E-state index is -1.18. The molecule has 0 saturated heterocycles. The van der Waals surface area contributed by atoms with Crippen molar-refractivity contribution in [2.24, 2.45) is 0 Å². The van der Waals surface area contributed by atoms with E-state index >= 15 is 0 Å². The Kier molecular flexibility index (Phi) is 4.22. The molecule has 18 heavy (non-hydrogen) atoms. The van der Waals surface area contributed by atoms with E-state index in [0.29, 0.717) is 0 Å². The van der Waals surface area contributed by atoms with Crippen LogP contribution < -0.4 is 4.74 Å². The quantitative estimate of drug-likeness (QED) is 0.599. The molecule has 92 valence electrons. The summed E-state index contributed by atoms with van der Waals surface area (Å²) in [7, 11) is 0. The second-order valence-electron chi connectivity index (χ2n) is 3.81. The van der Waals surface area contributed by atoms with Crippen molar-refractivity contribution >= 4 is 5.69 Å². The lowest BCUT2D eigenvalue weighted by Gasteiger charge is -2.12. The van der Waals surface area contributed by atoms with Crippen molar-refractivity contribution in [3.8, 4) is 17.9 Å². The highest BCUT2D eigenvalue weighted by atomic mass is 16.6. The van der Waals surface area contributed by atoms with Gasteiger partial charge in [0.2, 0.25) is 0 Å². The van der Waals surface area contributed by atoms with Gasteiger partial charge in [-0.05, 0) is 26.0 Å². The van der Waals surface area contributed by atoms with Gasteiger partial charge in [0, 0.05) is 0 Å². The number of nitro benzene ring substituents is 1. The summed E-state index contributed by atoms with van der Waals surface area (Å²) in [6.07, 6.45) is -0.235. The first-order valence-electron chi connectivity index (χ1n) is 5.24.